The Kier molecular flexibility index (Phi) is 4.69. The maximum atomic E-state index is 11.2. The van der Waals surface area contributed by atoms with Gasteiger partial charge in [-0.2, -0.15) is 0 Å². The van der Waals surface area contributed by atoms with Crippen molar-refractivity contribution >= 4 is 11.9 Å². The van der Waals surface area contributed by atoms with Crippen molar-refractivity contribution in [3.05, 3.63) is 35.4 Å². The van der Waals surface area contributed by atoms with Crippen molar-refractivity contribution in [2.75, 3.05) is 7.11 Å². The van der Waals surface area contributed by atoms with Gasteiger partial charge in [0.1, 0.15) is 0 Å². The number of nitrogens with two attached hydrogens (primary N) is 1. The quantitative estimate of drug-likeness (QED) is 0.795. The Labute approximate surface area is 101 Å². The van der Waals surface area contributed by atoms with Crippen LogP contribution in [0.2, 0.25) is 0 Å². The predicted molar refractivity (Wildman–Crippen MR) is 64.6 cm³/mol. The lowest BCUT2D eigenvalue weighted by atomic mass is 10.1. The molecule has 1 aliphatic carbocycles. The van der Waals surface area contributed by atoms with Gasteiger partial charge in [-0.25, -0.2) is 4.79 Å². The van der Waals surface area contributed by atoms with Crippen LogP contribution in [0, 0.1) is 0 Å². The first-order chi connectivity index (χ1) is 8.04. The number of ether oxygens (including phenoxy) is 1. The summed E-state index contributed by atoms with van der Waals surface area (Å²) < 4.78 is 4.65. The summed E-state index contributed by atoms with van der Waals surface area (Å²) in [6, 6.07) is 7.71. The molecule has 0 aromatic heterocycles. The molecule has 4 nitrogen and oxygen atoms in total. The van der Waals surface area contributed by atoms with E-state index in [-0.39, 0.29) is 11.9 Å². The molecule has 2 N–H and O–H groups in total. The van der Waals surface area contributed by atoms with Crippen molar-refractivity contribution in [2.24, 2.45) is 5.73 Å². The Bertz CT molecular complexity index is 407. The van der Waals surface area contributed by atoms with Crippen molar-refractivity contribution in [3.63, 3.8) is 0 Å². The van der Waals surface area contributed by atoms with Crippen LogP contribution in [-0.4, -0.2) is 19.0 Å². The summed E-state index contributed by atoms with van der Waals surface area (Å²) in [4.78, 5) is 20.4. The van der Waals surface area contributed by atoms with Crippen LogP contribution in [0.1, 0.15) is 41.6 Å². The summed E-state index contributed by atoms with van der Waals surface area (Å²) in [5, 5.41) is 0. The van der Waals surface area contributed by atoms with E-state index in [1.807, 2.05) is 12.1 Å². The zero-order valence-electron chi connectivity index (χ0n) is 10.1. The molecule has 2 rings (SSSR count). The molecule has 0 bridgehead atoms. The Morgan fingerprint density at radius 2 is 1.94 bits per heavy atom. The second-order valence-electron chi connectivity index (χ2n) is 4.00. The molecule has 1 aromatic carbocycles. The van der Waals surface area contributed by atoms with Crippen molar-refractivity contribution in [1.29, 1.82) is 0 Å². The molecule has 0 radical (unpaired) electrons. The van der Waals surface area contributed by atoms with Gasteiger partial charge in [-0.05, 0) is 36.5 Å². The van der Waals surface area contributed by atoms with E-state index < -0.39 is 0 Å². The minimum absolute atomic E-state index is 0.248. The average molecular weight is 235 g/mol. The van der Waals surface area contributed by atoms with Crippen LogP contribution in [0.4, 0.5) is 0 Å². The van der Waals surface area contributed by atoms with E-state index in [0.29, 0.717) is 11.5 Å². The van der Waals surface area contributed by atoms with Gasteiger partial charge in [-0.1, -0.05) is 12.1 Å². The molecular weight excluding hydrogens is 218 g/mol. The number of hydrogen-bond acceptors (Lipinski definition) is 3. The van der Waals surface area contributed by atoms with Gasteiger partial charge in [0, 0.05) is 6.92 Å². The van der Waals surface area contributed by atoms with Crippen LogP contribution in [0.25, 0.3) is 0 Å². The van der Waals surface area contributed by atoms with Gasteiger partial charge < -0.3 is 10.5 Å². The molecule has 0 saturated heterocycles. The summed E-state index contributed by atoms with van der Waals surface area (Å²) in [7, 11) is 1.41. The van der Waals surface area contributed by atoms with E-state index in [9.17, 15) is 9.59 Å². The first kappa shape index (κ1) is 13.2. The number of hydrogen-bond donors (Lipinski definition) is 1. The molecule has 0 atom stereocenters. The van der Waals surface area contributed by atoms with E-state index in [1.165, 1.54) is 32.4 Å². The van der Waals surface area contributed by atoms with Gasteiger partial charge >= 0.3 is 5.97 Å². The highest BCUT2D eigenvalue weighted by atomic mass is 16.5. The highest BCUT2D eigenvalue weighted by Crippen LogP contribution is 2.40. The maximum absolute atomic E-state index is 11.2. The summed E-state index contributed by atoms with van der Waals surface area (Å²) in [5.41, 5.74) is 6.40. The molecule has 0 spiro atoms. The second kappa shape index (κ2) is 6.03. The molecule has 0 heterocycles. The standard InChI is InChI=1S/C11H12O2.C2H5NO/c1-13-11(12)10-4-2-3-9(7-10)8-5-6-8;1-2(3)4/h2-4,7-8H,5-6H2,1H3;1H3,(H2,3,4). The Morgan fingerprint density at radius 1 is 1.35 bits per heavy atom. The topological polar surface area (TPSA) is 69.4 Å². The van der Waals surface area contributed by atoms with E-state index in [1.54, 1.807) is 6.07 Å². The predicted octanol–water partition coefficient (Wildman–Crippen LogP) is 1.84. The molecule has 4 heteroatoms. The monoisotopic (exact) mass is 235 g/mol. The summed E-state index contributed by atoms with van der Waals surface area (Å²) >= 11 is 0. The normalized spacial score (nSPS) is 13.3. The maximum Gasteiger partial charge on any atom is 0.337 e. The molecule has 0 aliphatic heterocycles. The molecule has 1 fully saturated rings. The number of primary amides is 1. The van der Waals surface area contributed by atoms with Gasteiger partial charge in [0.25, 0.3) is 0 Å². The molecule has 1 aromatic rings. The number of rotatable bonds is 2. The van der Waals surface area contributed by atoms with Crippen LogP contribution in [-0.2, 0) is 9.53 Å². The van der Waals surface area contributed by atoms with E-state index in [2.05, 4.69) is 16.5 Å². The number of amides is 1. The number of carbonyl (C=O) groups excluding carboxylic acids is 2. The Hall–Kier alpha value is -1.84. The SMILES string of the molecule is CC(N)=O.COC(=O)c1cccc(C2CC2)c1. The molecule has 92 valence electrons. The summed E-state index contributed by atoms with van der Waals surface area (Å²) in [6.07, 6.45) is 2.51. The fourth-order valence-electron chi connectivity index (χ4n) is 1.45. The Morgan fingerprint density at radius 3 is 2.41 bits per heavy atom. The average Bonchev–Trinajstić information content (AvgIpc) is 3.11. The molecule has 0 unspecified atom stereocenters. The fraction of sp³-hybridized carbons (Fsp3) is 0.385. The van der Waals surface area contributed by atoms with Crippen LogP contribution in [0.3, 0.4) is 0 Å². The second-order valence-corrected chi connectivity index (χ2v) is 4.00. The first-order valence-corrected chi connectivity index (χ1v) is 5.49. The smallest absolute Gasteiger partial charge is 0.337 e. The highest BCUT2D eigenvalue weighted by molar-refractivity contribution is 5.89. The van der Waals surface area contributed by atoms with Crippen LogP contribution >= 0.6 is 0 Å². The van der Waals surface area contributed by atoms with Crippen molar-refractivity contribution < 1.29 is 14.3 Å². The third-order valence-corrected chi connectivity index (χ3v) is 2.36. The molecule has 1 saturated carbocycles. The zero-order valence-corrected chi connectivity index (χ0v) is 10.1. The third-order valence-electron chi connectivity index (χ3n) is 2.36. The van der Waals surface area contributed by atoms with Crippen LogP contribution in [0.15, 0.2) is 24.3 Å². The third kappa shape index (κ3) is 4.68. The minimum Gasteiger partial charge on any atom is -0.465 e. The van der Waals surface area contributed by atoms with Crippen molar-refractivity contribution in [2.45, 2.75) is 25.7 Å². The van der Waals surface area contributed by atoms with Crippen LogP contribution < -0.4 is 5.73 Å². The summed E-state index contributed by atoms with van der Waals surface area (Å²) in [5.74, 6) is 0.104. The van der Waals surface area contributed by atoms with Gasteiger partial charge in [-0.15, -0.1) is 0 Å². The Balaban J connectivity index is 0.000000317. The van der Waals surface area contributed by atoms with Gasteiger partial charge in [0.05, 0.1) is 12.7 Å². The fourth-order valence-corrected chi connectivity index (χ4v) is 1.45. The number of benzene rings is 1. The minimum atomic E-state index is -0.333. The van der Waals surface area contributed by atoms with Gasteiger partial charge in [0.2, 0.25) is 5.91 Å². The zero-order chi connectivity index (χ0) is 12.8. The number of carbonyl (C=O) groups is 2. The molecule has 1 aliphatic rings. The number of esters is 1. The van der Waals surface area contributed by atoms with E-state index in [0.717, 1.165) is 0 Å². The van der Waals surface area contributed by atoms with Crippen LogP contribution in [0.5, 0.6) is 0 Å². The van der Waals surface area contributed by atoms with Gasteiger partial charge in [-0.3, -0.25) is 4.79 Å². The molecular formula is C13H17NO3. The number of methoxy groups -OCH3 is 1. The van der Waals surface area contributed by atoms with Crippen molar-refractivity contribution in [1.82, 2.24) is 0 Å². The van der Waals surface area contributed by atoms with E-state index in [4.69, 9.17) is 0 Å². The lowest BCUT2D eigenvalue weighted by Gasteiger charge is -2.01. The largest absolute Gasteiger partial charge is 0.465 e. The molecule has 17 heavy (non-hydrogen) atoms. The van der Waals surface area contributed by atoms with Crippen molar-refractivity contribution in [3.8, 4) is 0 Å². The lowest BCUT2D eigenvalue weighted by Crippen LogP contribution is -2.01. The van der Waals surface area contributed by atoms with Gasteiger partial charge in [0.15, 0.2) is 0 Å². The first-order valence-electron chi connectivity index (χ1n) is 5.49. The highest BCUT2D eigenvalue weighted by Gasteiger charge is 2.23. The summed E-state index contributed by atoms with van der Waals surface area (Å²) in [6.45, 7) is 1.31. The molecule has 1 amide bonds. The lowest BCUT2D eigenvalue weighted by molar-refractivity contribution is -0.115. The van der Waals surface area contributed by atoms with E-state index >= 15 is 0 Å².